The van der Waals surface area contributed by atoms with E-state index in [1.165, 1.54) is 5.56 Å². The molecule has 1 aliphatic rings. The quantitative estimate of drug-likeness (QED) is 0.286. The van der Waals surface area contributed by atoms with Crippen molar-refractivity contribution in [2.45, 2.75) is 26.2 Å². The Balaban J connectivity index is 1.27. The van der Waals surface area contributed by atoms with E-state index >= 15 is 0 Å². The monoisotopic (exact) mass is 546 g/mol. The first-order valence-corrected chi connectivity index (χ1v) is 14.1. The van der Waals surface area contributed by atoms with Crippen molar-refractivity contribution < 1.29 is 9.53 Å². The lowest BCUT2D eigenvalue weighted by Gasteiger charge is -2.24. The molecule has 1 fully saturated rings. The van der Waals surface area contributed by atoms with Gasteiger partial charge in [-0.2, -0.15) is 5.10 Å². The zero-order valence-corrected chi connectivity index (χ0v) is 23.5. The minimum atomic E-state index is 0.141. The maximum Gasteiger partial charge on any atom is 0.227 e. The maximum atomic E-state index is 13.2. The van der Waals surface area contributed by atoms with E-state index in [4.69, 9.17) is 19.8 Å². The second-order valence-corrected chi connectivity index (χ2v) is 10.5. The number of ether oxygens (including phenoxy) is 1. The molecule has 2 aromatic heterocycles. The normalized spacial score (nSPS) is 13.8. The number of nitrogens with zero attached hydrogens (tertiary/aromatic N) is 6. The first-order chi connectivity index (χ1) is 20.1. The molecule has 5 aromatic rings. The van der Waals surface area contributed by atoms with Crippen LogP contribution in [0.3, 0.4) is 0 Å². The summed E-state index contributed by atoms with van der Waals surface area (Å²) < 4.78 is 7.14. The number of benzene rings is 3. The van der Waals surface area contributed by atoms with Crippen LogP contribution in [0.15, 0.2) is 85.1 Å². The lowest BCUT2D eigenvalue weighted by molar-refractivity contribution is -0.130. The first kappa shape index (κ1) is 26.5. The van der Waals surface area contributed by atoms with Crippen molar-refractivity contribution in [2.24, 2.45) is 0 Å². The molecule has 1 aliphatic heterocycles. The van der Waals surface area contributed by atoms with Crippen LogP contribution in [0.1, 0.15) is 28.9 Å². The zero-order valence-electron chi connectivity index (χ0n) is 23.5. The summed E-state index contributed by atoms with van der Waals surface area (Å²) in [6, 6.07) is 26.3. The van der Waals surface area contributed by atoms with Crippen molar-refractivity contribution in [3.63, 3.8) is 0 Å². The molecule has 0 atom stereocenters. The largest absolute Gasteiger partial charge is 0.497 e. The zero-order chi connectivity index (χ0) is 28.2. The fourth-order valence-electron chi connectivity index (χ4n) is 5.31. The number of carbonyl (C=O) groups excluding carboxylic acids is 1. The summed E-state index contributed by atoms with van der Waals surface area (Å²) in [4.78, 5) is 27.6. The molecule has 1 saturated heterocycles. The average Bonchev–Trinajstić information content (AvgIpc) is 3.27. The molecule has 3 aromatic carbocycles. The van der Waals surface area contributed by atoms with E-state index in [-0.39, 0.29) is 5.91 Å². The maximum absolute atomic E-state index is 13.2. The molecule has 3 heterocycles. The van der Waals surface area contributed by atoms with Crippen molar-refractivity contribution in [3.8, 4) is 11.4 Å². The van der Waals surface area contributed by atoms with Crippen molar-refractivity contribution >= 4 is 22.8 Å². The van der Waals surface area contributed by atoms with E-state index < -0.39 is 0 Å². The second-order valence-electron chi connectivity index (χ2n) is 10.5. The van der Waals surface area contributed by atoms with Gasteiger partial charge in [0.15, 0.2) is 5.65 Å². The van der Waals surface area contributed by atoms with E-state index in [9.17, 15) is 4.79 Å². The van der Waals surface area contributed by atoms with E-state index in [0.29, 0.717) is 25.9 Å². The lowest BCUT2D eigenvalue weighted by atomic mass is 10.1. The number of methoxy groups -OCH3 is 1. The van der Waals surface area contributed by atoms with Crippen LogP contribution < -0.4 is 9.64 Å². The molecule has 0 radical (unpaired) electrons. The standard InChI is InChI=1S/C33H34N6O2/c1-24-9-11-25(12-10-24)21-30-35-32(29-23-34-39(33(29)36-30)27-7-4-3-5-8-27)38-18-6-17-37(19-20-38)31(40)22-26-13-15-28(41-2)16-14-26/h3-5,7-16,23H,6,17-22H2,1-2H3. The van der Waals surface area contributed by atoms with Crippen LogP contribution in [0.2, 0.25) is 0 Å². The molecule has 8 heteroatoms. The van der Waals surface area contributed by atoms with Gasteiger partial charge in [-0.15, -0.1) is 0 Å². The first-order valence-electron chi connectivity index (χ1n) is 14.1. The average molecular weight is 547 g/mol. The minimum Gasteiger partial charge on any atom is -0.497 e. The number of aryl methyl sites for hydroxylation is 1. The van der Waals surface area contributed by atoms with Gasteiger partial charge in [-0.25, -0.2) is 14.6 Å². The highest BCUT2D eigenvalue weighted by molar-refractivity contribution is 5.88. The molecule has 0 N–H and O–H groups in total. The Labute approximate surface area is 240 Å². The highest BCUT2D eigenvalue weighted by Gasteiger charge is 2.24. The molecular weight excluding hydrogens is 512 g/mol. The van der Waals surface area contributed by atoms with E-state index in [0.717, 1.165) is 64.7 Å². The summed E-state index contributed by atoms with van der Waals surface area (Å²) in [7, 11) is 1.65. The Kier molecular flexibility index (Phi) is 7.63. The molecule has 0 unspecified atom stereocenters. The molecule has 41 heavy (non-hydrogen) atoms. The van der Waals surface area contributed by atoms with Crippen LogP contribution in [-0.4, -0.2) is 63.8 Å². The van der Waals surface area contributed by atoms with Crippen molar-refractivity contribution in [1.82, 2.24) is 24.6 Å². The SMILES string of the molecule is COc1ccc(CC(=O)N2CCCN(c3nc(Cc4ccc(C)cc4)nc4c3cnn4-c3ccccc3)CC2)cc1. The fourth-order valence-corrected chi connectivity index (χ4v) is 5.31. The number of amides is 1. The van der Waals surface area contributed by atoms with Crippen molar-refractivity contribution in [2.75, 3.05) is 38.2 Å². The number of aromatic nitrogens is 4. The molecule has 0 bridgehead atoms. The molecule has 0 saturated carbocycles. The third-order valence-corrected chi connectivity index (χ3v) is 7.60. The third kappa shape index (κ3) is 5.91. The van der Waals surface area contributed by atoms with Gasteiger partial charge < -0.3 is 14.5 Å². The van der Waals surface area contributed by atoms with Crippen LogP contribution in [-0.2, 0) is 17.6 Å². The van der Waals surface area contributed by atoms with E-state index in [1.807, 2.05) is 70.4 Å². The van der Waals surface area contributed by atoms with Crippen LogP contribution in [0.25, 0.3) is 16.7 Å². The molecule has 208 valence electrons. The molecule has 1 amide bonds. The minimum absolute atomic E-state index is 0.141. The number of hydrogen-bond acceptors (Lipinski definition) is 6. The second kappa shape index (κ2) is 11.8. The number of hydrogen-bond donors (Lipinski definition) is 0. The van der Waals surface area contributed by atoms with Crippen LogP contribution in [0.5, 0.6) is 5.75 Å². The molecule has 0 spiro atoms. The summed E-state index contributed by atoms with van der Waals surface area (Å²) >= 11 is 0. The number of rotatable bonds is 7. The Bertz CT molecular complexity index is 1630. The number of anilines is 1. The highest BCUT2D eigenvalue weighted by Crippen LogP contribution is 2.28. The topological polar surface area (TPSA) is 76.4 Å². The number of para-hydroxylation sites is 1. The predicted molar refractivity (Wildman–Crippen MR) is 161 cm³/mol. The highest BCUT2D eigenvalue weighted by atomic mass is 16.5. The smallest absolute Gasteiger partial charge is 0.227 e. The Hall–Kier alpha value is -4.72. The lowest BCUT2D eigenvalue weighted by Crippen LogP contribution is -2.36. The summed E-state index contributed by atoms with van der Waals surface area (Å²) in [5, 5.41) is 5.64. The Morgan fingerprint density at radius 1 is 0.854 bits per heavy atom. The van der Waals surface area contributed by atoms with Gasteiger partial charge in [0.2, 0.25) is 5.91 Å². The summed E-state index contributed by atoms with van der Waals surface area (Å²) in [5.41, 5.74) is 5.13. The fraction of sp³-hybridized carbons (Fsp3) is 0.273. The molecule has 0 aliphatic carbocycles. The van der Waals surface area contributed by atoms with E-state index in [2.05, 4.69) is 36.1 Å². The number of carbonyl (C=O) groups is 1. The Morgan fingerprint density at radius 2 is 1.61 bits per heavy atom. The van der Waals surface area contributed by atoms with Gasteiger partial charge in [-0.3, -0.25) is 4.79 Å². The number of fused-ring (bicyclic) bond motifs is 1. The Morgan fingerprint density at radius 3 is 2.37 bits per heavy atom. The van der Waals surface area contributed by atoms with Gasteiger partial charge in [0.1, 0.15) is 17.4 Å². The third-order valence-electron chi connectivity index (χ3n) is 7.60. The van der Waals surface area contributed by atoms with Gasteiger partial charge in [0.05, 0.1) is 30.8 Å². The van der Waals surface area contributed by atoms with Gasteiger partial charge in [-0.05, 0) is 48.7 Å². The predicted octanol–water partition coefficient (Wildman–Crippen LogP) is 5.00. The molecule has 6 rings (SSSR count). The van der Waals surface area contributed by atoms with Crippen LogP contribution in [0, 0.1) is 6.92 Å². The van der Waals surface area contributed by atoms with Gasteiger partial charge >= 0.3 is 0 Å². The van der Waals surface area contributed by atoms with Crippen LogP contribution >= 0.6 is 0 Å². The summed E-state index contributed by atoms with van der Waals surface area (Å²) in [6.07, 6.45) is 3.74. The van der Waals surface area contributed by atoms with E-state index in [1.54, 1.807) is 7.11 Å². The molecule has 8 nitrogen and oxygen atoms in total. The van der Waals surface area contributed by atoms with Crippen molar-refractivity contribution in [1.29, 1.82) is 0 Å². The summed E-state index contributed by atoms with van der Waals surface area (Å²) in [5.74, 6) is 2.57. The van der Waals surface area contributed by atoms with Crippen LogP contribution in [0.4, 0.5) is 5.82 Å². The molecular formula is C33H34N6O2. The van der Waals surface area contributed by atoms with Gasteiger partial charge in [-0.1, -0.05) is 60.2 Å². The van der Waals surface area contributed by atoms with Gasteiger partial charge in [0.25, 0.3) is 0 Å². The van der Waals surface area contributed by atoms with Crippen molar-refractivity contribution in [3.05, 3.63) is 108 Å². The summed E-state index contributed by atoms with van der Waals surface area (Å²) in [6.45, 7) is 4.95. The van der Waals surface area contributed by atoms with Gasteiger partial charge in [0, 0.05) is 32.6 Å².